The first-order chi connectivity index (χ1) is 17.9. The average Bonchev–Trinajstić information content (AvgIpc) is 3.40. The zero-order chi connectivity index (χ0) is 26.1. The maximum Gasteiger partial charge on any atom is 0.327 e. The van der Waals surface area contributed by atoms with Gasteiger partial charge in [-0.2, -0.15) is 4.98 Å². The topological polar surface area (TPSA) is 80.5 Å². The molecule has 5 rings (SSSR count). The summed E-state index contributed by atoms with van der Waals surface area (Å²) in [6.07, 6.45) is 0.933. The fraction of sp³-hybridized carbons (Fsp3) is 0.207. The molecule has 1 atom stereocenters. The molecular weight excluding hydrogens is 471 g/mol. The number of allylic oxidation sites excluding steroid dienone is 1. The number of hydrogen-bond donors (Lipinski definition) is 1. The summed E-state index contributed by atoms with van der Waals surface area (Å²) in [5.74, 6) is 1.01. The number of amides is 2. The van der Waals surface area contributed by atoms with Crippen molar-refractivity contribution in [2.45, 2.75) is 33.2 Å². The van der Waals surface area contributed by atoms with Gasteiger partial charge in [0.05, 0.1) is 24.4 Å². The third kappa shape index (κ3) is 4.58. The number of aryl methyl sites for hydroxylation is 2. The highest BCUT2D eigenvalue weighted by Gasteiger charge is 2.36. The van der Waals surface area contributed by atoms with E-state index in [2.05, 4.69) is 17.4 Å². The fourth-order valence-electron chi connectivity index (χ4n) is 4.44. The maximum absolute atomic E-state index is 14.4. The van der Waals surface area contributed by atoms with Crippen LogP contribution >= 0.6 is 0 Å². The quantitative estimate of drug-likeness (QED) is 0.330. The smallest absolute Gasteiger partial charge is 0.327 e. The third-order valence-electron chi connectivity index (χ3n) is 6.62. The van der Waals surface area contributed by atoms with Gasteiger partial charge in [0.15, 0.2) is 0 Å². The number of methoxy groups -OCH3 is 1. The Morgan fingerprint density at radius 1 is 1.05 bits per heavy atom. The number of aromatic nitrogens is 2. The number of carbonyl (C=O) groups is 1. The van der Waals surface area contributed by atoms with E-state index in [0.29, 0.717) is 34.1 Å². The van der Waals surface area contributed by atoms with E-state index in [-0.39, 0.29) is 11.9 Å². The molecule has 188 valence electrons. The molecular formula is C29H27FN4O3. The molecule has 7 nitrogen and oxygen atoms in total. The minimum atomic E-state index is -0.569. The average molecular weight is 499 g/mol. The van der Waals surface area contributed by atoms with Crippen molar-refractivity contribution in [1.29, 1.82) is 0 Å². The number of halogens is 1. The molecule has 1 aliphatic heterocycles. The van der Waals surface area contributed by atoms with Crippen molar-refractivity contribution in [2.75, 3.05) is 12.0 Å². The molecule has 37 heavy (non-hydrogen) atoms. The summed E-state index contributed by atoms with van der Waals surface area (Å²) < 4.78 is 25.5. The number of carbonyl (C=O) groups excluding carboxylic acids is 1. The predicted octanol–water partition coefficient (Wildman–Crippen LogP) is 6.46. The summed E-state index contributed by atoms with van der Waals surface area (Å²) in [7, 11) is 1.60. The van der Waals surface area contributed by atoms with Crippen molar-refractivity contribution >= 4 is 17.3 Å². The molecule has 3 aromatic carbocycles. The number of urea groups is 1. The Morgan fingerprint density at radius 3 is 2.43 bits per heavy atom. The van der Waals surface area contributed by atoms with Gasteiger partial charge in [0.1, 0.15) is 11.6 Å². The Hall–Kier alpha value is -4.46. The van der Waals surface area contributed by atoms with Crippen LogP contribution in [-0.2, 0) is 6.42 Å². The van der Waals surface area contributed by atoms with Crippen molar-refractivity contribution in [1.82, 2.24) is 15.5 Å². The number of hydrogen-bond acceptors (Lipinski definition) is 5. The number of ether oxygens (including phenoxy) is 1. The normalized spacial score (nSPS) is 15.6. The standard InChI is InChI=1S/C29H27FN4O3/c1-5-19-7-9-21(10-8-19)27-32-28(37-33-27)25-18(3)34(22-13-6-17(2)24(30)16-22)29(35)31-26(25)20-11-14-23(36-4)15-12-20/h6-16,26H,5H2,1-4H3,(H,31,35). The van der Waals surface area contributed by atoms with Gasteiger partial charge in [0, 0.05) is 11.3 Å². The maximum atomic E-state index is 14.4. The first-order valence-corrected chi connectivity index (χ1v) is 12.0. The monoisotopic (exact) mass is 498 g/mol. The number of anilines is 1. The molecule has 8 heteroatoms. The van der Waals surface area contributed by atoms with Gasteiger partial charge in [-0.05, 0) is 61.2 Å². The van der Waals surface area contributed by atoms with E-state index in [4.69, 9.17) is 14.2 Å². The summed E-state index contributed by atoms with van der Waals surface area (Å²) in [6, 6.07) is 19.1. The summed E-state index contributed by atoms with van der Waals surface area (Å²) in [4.78, 5) is 19.5. The summed E-state index contributed by atoms with van der Waals surface area (Å²) in [5.41, 5.74) is 4.92. The first-order valence-electron chi connectivity index (χ1n) is 12.0. The highest BCUT2D eigenvalue weighted by Crippen LogP contribution is 2.39. The molecule has 0 fully saturated rings. The Morgan fingerprint density at radius 2 is 1.78 bits per heavy atom. The van der Waals surface area contributed by atoms with Crippen LogP contribution in [0.4, 0.5) is 14.9 Å². The van der Waals surface area contributed by atoms with Gasteiger partial charge >= 0.3 is 6.03 Å². The van der Waals surface area contributed by atoms with Crippen LogP contribution in [0.5, 0.6) is 5.75 Å². The van der Waals surface area contributed by atoms with Gasteiger partial charge in [-0.3, -0.25) is 4.90 Å². The van der Waals surface area contributed by atoms with Gasteiger partial charge < -0.3 is 14.6 Å². The molecule has 0 saturated carbocycles. The van der Waals surface area contributed by atoms with Crippen molar-refractivity contribution in [3.05, 3.63) is 101 Å². The van der Waals surface area contributed by atoms with Crippen LogP contribution in [0.15, 0.2) is 77.0 Å². The van der Waals surface area contributed by atoms with E-state index < -0.39 is 11.9 Å². The van der Waals surface area contributed by atoms with E-state index in [1.165, 1.54) is 16.5 Å². The minimum absolute atomic E-state index is 0.269. The molecule has 2 amide bonds. The zero-order valence-corrected chi connectivity index (χ0v) is 21.1. The minimum Gasteiger partial charge on any atom is -0.497 e. The van der Waals surface area contributed by atoms with Gasteiger partial charge in [-0.15, -0.1) is 0 Å². The first kappa shape index (κ1) is 24.2. The van der Waals surface area contributed by atoms with E-state index in [1.54, 1.807) is 33.1 Å². The Bertz CT molecular complexity index is 1480. The van der Waals surface area contributed by atoms with Gasteiger partial charge in [-0.25, -0.2) is 9.18 Å². The molecule has 1 unspecified atom stereocenters. The van der Waals surface area contributed by atoms with E-state index in [0.717, 1.165) is 17.5 Å². The molecule has 0 radical (unpaired) electrons. The SMILES string of the molecule is CCc1ccc(-c2noc(C3=C(C)N(c4ccc(C)c(F)c4)C(=O)NC3c3ccc(OC)cc3)n2)cc1. The highest BCUT2D eigenvalue weighted by atomic mass is 19.1. The number of nitrogens with zero attached hydrogens (tertiary/aromatic N) is 3. The molecule has 0 spiro atoms. The molecule has 1 N–H and O–H groups in total. The van der Waals surface area contributed by atoms with Crippen LogP contribution in [0.2, 0.25) is 0 Å². The van der Waals surface area contributed by atoms with E-state index in [1.807, 2.05) is 48.5 Å². The second-order valence-electron chi connectivity index (χ2n) is 8.90. The van der Waals surface area contributed by atoms with Gasteiger partial charge in [0.2, 0.25) is 5.82 Å². The van der Waals surface area contributed by atoms with Crippen LogP contribution in [0, 0.1) is 12.7 Å². The summed E-state index contributed by atoms with van der Waals surface area (Å²) in [6.45, 7) is 5.57. The zero-order valence-electron chi connectivity index (χ0n) is 21.1. The Kier molecular flexibility index (Phi) is 6.48. The van der Waals surface area contributed by atoms with Crippen molar-refractivity contribution in [2.24, 2.45) is 0 Å². The molecule has 4 aromatic rings. The Balaban J connectivity index is 1.63. The number of rotatable bonds is 6. The lowest BCUT2D eigenvalue weighted by Gasteiger charge is -2.35. The number of benzene rings is 3. The van der Waals surface area contributed by atoms with Crippen LogP contribution < -0.4 is 15.0 Å². The predicted molar refractivity (Wildman–Crippen MR) is 140 cm³/mol. The molecule has 0 saturated heterocycles. The van der Waals surface area contributed by atoms with Crippen LogP contribution in [-0.4, -0.2) is 23.3 Å². The summed E-state index contributed by atoms with van der Waals surface area (Å²) in [5, 5.41) is 7.25. The summed E-state index contributed by atoms with van der Waals surface area (Å²) >= 11 is 0. The largest absolute Gasteiger partial charge is 0.497 e. The lowest BCUT2D eigenvalue weighted by atomic mass is 9.94. The van der Waals surface area contributed by atoms with Gasteiger partial charge in [-0.1, -0.05) is 54.5 Å². The molecule has 1 aromatic heterocycles. The molecule has 1 aliphatic rings. The lowest BCUT2D eigenvalue weighted by Crippen LogP contribution is -2.46. The molecule has 0 aliphatic carbocycles. The van der Waals surface area contributed by atoms with Crippen LogP contribution in [0.1, 0.15) is 42.5 Å². The second-order valence-corrected chi connectivity index (χ2v) is 8.90. The van der Waals surface area contributed by atoms with Gasteiger partial charge in [0.25, 0.3) is 5.89 Å². The number of nitrogens with one attached hydrogen (secondary N) is 1. The molecule has 2 heterocycles. The second kappa shape index (κ2) is 9.89. The van der Waals surface area contributed by atoms with Crippen molar-refractivity contribution in [3.8, 4) is 17.1 Å². The van der Waals surface area contributed by atoms with Crippen LogP contribution in [0.3, 0.4) is 0 Å². The lowest BCUT2D eigenvalue weighted by molar-refractivity contribution is 0.244. The van der Waals surface area contributed by atoms with Crippen molar-refractivity contribution < 1.29 is 18.4 Å². The van der Waals surface area contributed by atoms with E-state index >= 15 is 0 Å². The third-order valence-corrected chi connectivity index (χ3v) is 6.62. The highest BCUT2D eigenvalue weighted by molar-refractivity contribution is 6.01. The fourth-order valence-corrected chi connectivity index (χ4v) is 4.44. The molecule has 0 bridgehead atoms. The van der Waals surface area contributed by atoms with E-state index in [9.17, 15) is 9.18 Å². The Labute approximate surface area is 214 Å². The van der Waals surface area contributed by atoms with Crippen LogP contribution in [0.25, 0.3) is 17.0 Å². The van der Waals surface area contributed by atoms with Crippen molar-refractivity contribution in [3.63, 3.8) is 0 Å².